The second kappa shape index (κ2) is 15.0. The molecule has 0 radical (unpaired) electrons. The number of carbonyl (C=O) groups is 4. The van der Waals surface area contributed by atoms with Crippen molar-refractivity contribution in [3.05, 3.63) is 76.9 Å². The number of methoxy groups -OCH3 is 1. The predicted molar refractivity (Wildman–Crippen MR) is 204 cm³/mol. The highest BCUT2D eigenvalue weighted by atomic mass is 19.4. The number of rotatable bonds is 9. The van der Waals surface area contributed by atoms with Crippen molar-refractivity contribution in [2.24, 2.45) is 11.8 Å². The second-order valence-electron chi connectivity index (χ2n) is 16.4. The van der Waals surface area contributed by atoms with Crippen molar-refractivity contribution in [3.8, 4) is 0 Å². The van der Waals surface area contributed by atoms with Crippen LogP contribution in [0.4, 0.5) is 24.5 Å². The summed E-state index contributed by atoms with van der Waals surface area (Å²) in [7, 11) is 1.58. The number of aryl methyl sites for hydroxylation is 1. The minimum Gasteiger partial charge on any atom is -0.364 e. The number of para-hydroxylation sites is 2. The summed E-state index contributed by atoms with van der Waals surface area (Å²) in [5.41, 5.74) is 4.27. The number of benzene rings is 2. The highest BCUT2D eigenvalue weighted by Gasteiger charge is 2.60. The zero-order valence-corrected chi connectivity index (χ0v) is 32.8. The fraction of sp³-hybridized carbons (Fsp3) is 0.548. The van der Waals surface area contributed by atoms with Gasteiger partial charge < -0.3 is 24.0 Å². The average molecular weight is 777 g/mol. The Hall–Kier alpha value is -4.72. The van der Waals surface area contributed by atoms with Gasteiger partial charge in [-0.15, -0.1) is 0 Å². The molecule has 1 aliphatic carbocycles. The molecule has 8 rings (SSSR count). The molecule has 2 aromatic carbocycles. The van der Waals surface area contributed by atoms with Crippen LogP contribution in [0.15, 0.2) is 48.5 Å². The first-order chi connectivity index (χ1) is 26.6. The highest BCUT2D eigenvalue weighted by molar-refractivity contribution is 6.11. The van der Waals surface area contributed by atoms with Crippen molar-refractivity contribution < 1.29 is 37.1 Å². The minimum atomic E-state index is -4.19. The molecule has 56 heavy (non-hydrogen) atoms. The summed E-state index contributed by atoms with van der Waals surface area (Å²) in [6.07, 6.45) is -1.43. The maximum absolute atomic E-state index is 13.8. The van der Waals surface area contributed by atoms with Crippen molar-refractivity contribution in [1.82, 2.24) is 19.4 Å². The van der Waals surface area contributed by atoms with Crippen LogP contribution in [0.2, 0.25) is 0 Å². The normalized spacial score (nSPS) is 18.9. The molecule has 0 atom stereocenters. The lowest BCUT2D eigenvalue weighted by molar-refractivity contribution is -0.148. The summed E-state index contributed by atoms with van der Waals surface area (Å²) in [4.78, 5) is 62.9. The Labute approximate surface area is 325 Å². The van der Waals surface area contributed by atoms with Gasteiger partial charge in [0.25, 0.3) is 0 Å². The van der Waals surface area contributed by atoms with Crippen molar-refractivity contribution in [3.63, 3.8) is 0 Å². The van der Waals surface area contributed by atoms with Gasteiger partial charge in [-0.2, -0.15) is 13.2 Å². The molecule has 2 fully saturated rings. The highest BCUT2D eigenvalue weighted by Crippen LogP contribution is 2.49. The third kappa shape index (κ3) is 6.77. The first-order valence-electron chi connectivity index (χ1n) is 19.6. The van der Waals surface area contributed by atoms with Gasteiger partial charge in [-0.05, 0) is 55.4 Å². The molecule has 3 aromatic rings. The number of halogens is 3. The van der Waals surface area contributed by atoms with Gasteiger partial charge in [-0.25, -0.2) is 4.98 Å². The number of fused-ring (bicyclic) bond motifs is 5. The summed E-state index contributed by atoms with van der Waals surface area (Å²) in [6, 6.07) is 15.4. The number of imidazole rings is 1. The maximum Gasteiger partial charge on any atom is 0.389 e. The number of anilines is 2. The second-order valence-corrected chi connectivity index (χ2v) is 16.4. The molecule has 300 valence electrons. The van der Waals surface area contributed by atoms with Gasteiger partial charge in [-0.1, -0.05) is 64.1 Å². The van der Waals surface area contributed by atoms with E-state index in [9.17, 15) is 32.3 Å². The number of likely N-dealkylation sites (tertiary alicyclic amines) is 2. The number of alkyl halides is 3. The largest absolute Gasteiger partial charge is 0.389 e. The lowest BCUT2D eigenvalue weighted by atomic mass is 9.74. The topological polar surface area (TPSA) is 108 Å². The monoisotopic (exact) mass is 776 g/mol. The summed E-state index contributed by atoms with van der Waals surface area (Å²) in [5, 5.41) is 0. The van der Waals surface area contributed by atoms with Gasteiger partial charge in [0.05, 0.1) is 17.9 Å². The van der Waals surface area contributed by atoms with Crippen molar-refractivity contribution >= 4 is 35.0 Å². The van der Waals surface area contributed by atoms with Crippen LogP contribution in [0.3, 0.4) is 0 Å². The lowest BCUT2D eigenvalue weighted by Gasteiger charge is -2.47. The SMILES string of the molecule is CC(C)C(=O)N1CC2(C1)C(=O)N(Cc1nc3c(n1CCCC(F)(F)F)CCCC3)c1ccccc12.COCN1C(=O)C2(CN(C(=O)C(C)C)C2)c2ccccc21. The van der Waals surface area contributed by atoms with E-state index < -0.39 is 23.4 Å². The van der Waals surface area contributed by atoms with Crippen molar-refractivity contribution in [2.75, 3.05) is 49.8 Å². The molecule has 11 nitrogen and oxygen atoms in total. The van der Waals surface area contributed by atoms with E-state index in [1.54, 1.807) is 26.7 Å². The van der Waals surface area contributed by atoms with Crippen molar-refractivity contribution in [2.45, 2.75) is 96.3 Å². The maximum atomic E-state index is 13.8. The standard InChI is InChI=1S/C26H31F3N4O2.C16H20N2O3/c1-17(2)23(34)31-15-25(16-31)18-8-3-5-10-20(18)33(24(25)35)14-22-30-19-9-4-6-11-21(19)32(22)13-7-12-26(27,28)29;1-11(2)14(19)17-8-16(9-17)12-6-4-5-7-13(12)18(10-21-3)15(16)20/h3,5,8,10,17H,4,6-7,9,11-16H2,1-2H3;4-7,11H,8-10H2,1-3H3. The van der Waals surface area contributed by atoms with Crippen LogP contribution < -0.4 is 9.80 Å². The van der Waals surface area contributed by atoms with E-state index in [2.05, 4.69) is 0 Å². The zero-order valence-electron chi connectivity index (χ0n) is 32.8. The van der Waals surface area contributed by atoms with Gasteiger partial charge in [0.1, 0.15) is 23.4 Å². The van der Waals surface area contributed by atoms with E-state index in [4.69, 9.17) is 9.72 Å². The Morgan fingerprint density at radius 3 is 1.80 bits per heavy atom. The van der Waals surface area contributed by atoms with Crippen LogP contribution in [0.5, 0.6) is 0 Å². The van der Waals surface area contributed by atoms with E-state index in [1.165, 1.54) is 0 Å². The number of nitrogens with zero attached hydrogens (tertiary/aromatic N) is 6. The summed E-state index contributed by atoms with van der Waals surface area (Å²) < 4.78 is 45.6. The van der Waals surface area contributed by atoms with E-state index >= 15 is 0 Å². The fourth-order valence-electron chi connectivity index (χ4n) is 9.09. The lowest BCUT2D eigenvalue weighted by Crippen LogP contribution is -2.66. The Morgan fingerprint density at radius 2 is 1.29 bits per heavy atom. The van der Waals surface area contributed by atoms with Crippen LogP contribution in [-0.2, 0) is 60.7 Å². The van der Waals surface area contributed by atoms with Crippen LogP contribution in [0.1, 0.15) is 81.7 Å². The van der Waals surface area contributed by atoms with E-state index in [1.807, 2.05) is 80.8 Å². The smallest absolute Gasteiger partial charge is 0.364 e. The van der Waals surface area contributed by atoms with Gasteiger partial charge in [0.2, 0.25) is 23.6 Å². The number of ether oxygens (including phenoxy) is 1. The van der Waals surface area contributed by atoms with Gasteiger partial charge in [-0.3, -0.25) is 24.1 Å². The Kier molecular flexibility index (Phi) is 10.6. The number of hydrogen-bond donors (Lipinski definition) is 0. The Balaban J connectivity index is 0.000000195. The third-order valence-electron chi connectivity index (χ3n) is 11.9. The first-order valence-corrected chi connectivity index (χ1v) is 19.6. The molecule has 2 saturated heterocycles. The molecule has 14 heteroatoms. The predicted octanol–water partition coefficient (Wildman–Crippen LogP) is 5.76. The Morgan fingerprint density at radius 1 is 0.786 bits per heavy atom. The zero-order chi connectivity index (χ0) is 40.2. The quantitative estimate of drug-likeness (QED) is 0.274. The summed E-state index contributed by atoms with van der Waals surface area (Å²) >= 11 is 0. The van der Waals surface area contributed by atoms with Crippen LogP contribution in [0, 0.1) is 11.8 Å². The number of hydrogen-bond acceptors (Lipinski definition) is 6. The van der Waals surface area contributed by atoms with Crippen LogP contribution >= 0.6 is 0 Å². The minimum absolute atomic E-state index is 0.0138. The molecule has 2 spiro atoms. The summed E-state index contributed by atoms with van der Waals surface area (Å²) in [6.45, 7) is 9.83. The van der Waals surface area contributed by atoms with E-state index in [0.717, 1.165) is 59.6 Å². The van der Waals surface area contributed by atoms with Crippen LogP contribution in [0.25, 0.3) is 0 Å². The molecular formula is C42H51F3N6O5. The van der Waals surface area contributed by atoms with E-state index in [0.29, 0.717) is 32.0 Å². The Bertz CT molecular complexity index is 2010. The van der Waals surface area contributed by atoms with Gasteiger partial charge in [0.15, 0.2) is 0 Å². The molecule has 5 heterocycles. The number of carbonyl (C=O) groups excluding carboxylic acids is 4. The molecule has 0 bridgehead atoms. The first kappa shape index (κ1) is 39.5. The molecule has 0 N–H and O–H groups in total. The third-order valence-corrected chi connectivity index (χ3v) is 11.9. The summed E-state index contributed by atoms with van der Waals surface area (Å²) in [5.74, 6) is 0.597. The van der Waals surface area contributed by atoms with Gasteiger partial charge >= 0.3 is 6.18 Å². The molecule has 0 unspecified atom stereocenters. The van der Waals surface area contributed by atoms with Crippen molar-refractivity contribution in [1.29, 1.82) is 0 Å². The molecule has 4 aliphatic heterocycles. The molecule has 4 amide bonds. The molecule has 5 aliphatic rings. The van der Waals surface area contributed by atoms with Gasteiger partial charge in [0, 0.05) is 69.5 Å². The average Bonchev–Trinajstić information content (AvgIpc) is 3.69. The number of amides is 4. The van der Waals surface area contributed by atoms with E-state index in [-0.39, 0.29) is 61.7 Å². The molecule has 1 aromatic heterocycles. The molecule has 0 saturated carbocycles. The van der Waals surface area contributed by atoms with Crippen LogP contribution in [-0.4, -0.2) is 89.2 Å². The fourth-order valence-corrected chi connectivity index (χ4v) is 9.09. The number of aromatic nitrogens is 2. The molecular weight excluding hydrogens is 725 g/mol.